The van der Waals surface area contributed by atoms with Crippen molar-refractivity contribution in [3.8, 4) is 0 Å². The largest absolute Gasteiger partial charge is 0.382 e. The van der Waals surface area contributed by atoms with Crippen LogP contribution in [0.15, 0.2) is 9.37 Å². The van der Waals surface area contributed by atoms with Crippen molar-refractivity contribution in [3.63, 3.8) is 0 Å². The molecule has 0 radical (unpaired) electrons. The Morgan fingerprint density at radius 2 is 2.00 bits per heavy atom. The number of fused-ring (bicyclic) bond motifs is 1. The fourth-order valence-electron chi connectivity index (χ4n) is 3.28. The smallest absolute Gasteiger partial charge is 0.206 e. The second-order valence-corrected chi connectivity index (χ2v) is 10.7. The lowest BCUT2D eigenvalue weighted by atomic mass is 10.2. The molecule has 0 atom stereocenters. The van der Waals surface area contributed by atoms with E-state index in [9.17, 15) is 0 Å². The molecule has 4 heterocycles. The third kappa shape index (κ3) is 5.91. The van der Waals surface area contributed by atoms with Crippen LogP contribution in [0.25, 0.3) is 10.2 Å². The monoisotopic (exact) mass is 480 g/mol. The molecule has 3 aromatic rings. The molecule has 1 aliphatic rings. The van der Waals surface area contributed by atoms with Gasteiger partial charge in [0.15, 0.2) is 4.34 Å². The predicted octanol–water partition coefficient (Wildman–Crippen LogP) is 3.98. The molecule has 4 rings (SSSR count). The van der Waals surface area contributed by atoms with Crippen molar-refractivity contribution in [2.24, 2.45) is 0 Å². The fraction of sp³-hybridized carbons (Fsp3) is 0.600. The zero-order valence-electron chi connectivity index (χ0n) is 18.1. The lowest BCUT2D eigenvalue weighted by Crippen LogP contribution is -2.36. The standard InChI is InChI=1S/C20H28N6O2S3/c1-4-27-9-5-6-21-19-24-25-20(31-19)30-18-16-13(2)14(3)29-17(16)22-15(23-18)12-26-7-10-28-11-8-26/h4-12H2,1-3H3,(H,21,24). The number of hydrogen-bond acceptors (Lipinski definition) is 11. The van der Waals surface area contributed by atoms with Gasteiger partial charge >= 0.3 is 0 Å². The van der Waals surface area contributed by atoms with Crippen LogP contribution in [0.3, 0.4) is 0 Å². The van der Waals surface area contributed by atoms with Crippen LogP contribution >= 0.6 is 34.4 Å². The Bertz CT molecular complexity index is 1000. The number of anilines is 1. The predicted molar refractivity (Wildman–Crippen MR) is 127 cm³/mol. The molecule has 0 aromatic carbocycles. The maximum atomic E-state index is 5.47. The summed E-state index contributed by atoms with van der Waals surface area (Å²) in [7, 11) is 0. The summed E-state index contributed by atoms with van der Waals surface area (Å²) in [6.07, 6.45) is 0.945. The average Bonchev–Trinajstić information content (AvgIpc) is 3.32. The van der Waals surface area contributed by atoms with E-state index in [1.54, 1.807) is 34.4 Å². The van der Waals surface area contributed by atoms with Gasteiger partial charge in [0.25, 0.3) is 0 Å². The van der Waals surface area contributed by atoms with E-state index < -0.39 is 0 Å². The van der Waals surface area contributed by atoms with E-state index in [1.807, 2.05) is 6.92 Å². The number of aryl methyl sites for hydroxylation is 2. The average molecular weight is 481 g/mol. The Hall–Kier alpha value is -1.37. The highest BCUT2D eigenvalue weighted by atomic mass is 32.2. The molecule has 1 N–H and O–H groups in total. The molecule has 8 nitrogen and oxygen atoms in total. The van der Waals surface area contributed by atoms with Crippen molar-refractivity contribution in [3.05, 3.63) is 16.3 Å². The molecule has 3 aromatic heterocycles. The Labute approximate surface area is 194 Å². The maximum absolute atomic E-state index is 5.47. The first-order valence-electron chi connectivity index (χ1n) is 10.5. The number of rotatable bonds is 10. The van der Waals surface area contributed by atoms with E-state index in [-0.39, 0.29) is 0 Å². The third-order valence-electron chi connectivity index (χ3n) is 5.05. The molecule has 0 bridgehead atoms. The summed E-state index contributed by atoms with van der Waals surface area (Å²) in [5.74, 6) is 0.858. The molecule has 31 heavy (non-hydrogen) atoms. The highest BCUT2D eigenvalue weighted by molar-refractivity contribution is 8.01. The van der Waals surface area contributed by atoms with Gasteiger partial charge in [-0.05, 0) is 44.5 Å². The van der Waals surface area contributed by atoms with E-state index in [4.69, 9.17) is 19.4 Å². The third-order valence-corrected chi connectivity index (χ3v) is 8.07. The summed E-state index contributed by atoms with van der Waals surface area (Å²) < 4.78 is 11.7. The molecule has 0 amide bonds. The quantitative estimate of drug-likeness (QED) is 0.342. The summed E-state index contributed by atoms with van der Waals surface area (Å²) in [5, 5.41) is 14.9. The van der Waals surface area contributed by atoms with Crippen molar-refractivity contribution in [2.75, 3.05) is 51.4 Å². The minimum Gasteiger partial charge on any atom is -0.382 e. The van der Waals surface area contributed by atoms with Gasteiger partial charge in [-0.1, -0.05) is 11.3 Å². The molecule has 1 saturated heterocycles. The van der Waals surface area contributed by atoms with E-state index >= 15 is 0 Å². The van der Waals surface area contributed by atoms with Crippen molar-refractivity contribution < 1.29 is 9.47 Å². The minimum atomic E-state index is 0.742. The zero-order chi connectivity index (χ0) is 21.6. The molecule has 0 saturated carbocycles. The maximum Gasteiger partial charge on any atom is 0.206 e. The Morgan fingerprint density at radius 1 is 1.16 bits per heavy atom. The molecular weight excluding hydrogens is 452 g/mol. The van der Waals surface area contributed by atoms with Gasteiger partial charge in [-0.25, -0.2) is 9.97 Å². The highest BCUT2D eigenvalue weighted by Gasteiger charge is 2.19. The number of thiophene rings is 1. The lowest BCUT2D eigenvalue weighted by molar-refractivity contribution is 0.0330. The molecule has 168 valence electrons. The summed E-state index contributed by atoms with van der Waals surface area (Å²) in [4.78, 5) is 14.5. The molecular formula is C20H28N6O2S3. The van der Waals surface area contributed by atoms with Crippen LogP contribution in [0, 0.1) is 13.8 Å². The second kappa shape index (κ2) is 11.0. The number of nitrogens with zero attached hydrogens (tertiary/aromatic N) is 5. The Kier molecular flexibility index (Phi) is 8.07. The van der Waals surface area contributed by atoms with Crippen LogP contribution in [0.5, 0.6) is 0 Å². The molecule has 11 heteroatoms. The van der Waals surface area contributed by atoms with Crippen LogP contribution in [-0.4, -0.2) is 71.1 Å². The Morgan fingerprint density at radius 3 is 2.81 bits per heavy atom. The first-order valence-corrected chi connectivity index (χ1v) is 13.0. The van der Waals surface area contributed by atoms with E-state index in [0.29, 0.717) is 0 Å². The molecule has 0 spiro atoms. The van der Waals surface area contributed by atoms with Gasteiger partial charge in [-0.15, -0.1) is 21.5 Å². The topological polar surface area (TPSA) is 85.3 Å². The van der Waals surface area contributed by atoms with Crippen LogP contribution in [0.2, 0.25) is 0 Å². The second-order valence-electron chi connectivity index (χ2n) is 7.25. The van der Waals surface area contributed by atoms with Gasteiger partial charge in [-0.3, -0.25) is 4.90 Å². The molecule has 0 unspecified atom stereocenters. The van der Waals surface area contributed by atoms with E-state index in [1.165, 1.54) is 10.4 Å². The van der Waals surface area contributed by atoms with Gasteiger partial charge < -0.3 is 14.8 Å². The normalized spacial score (nSPS) is 15.1. The van der Waals surface area contributed by atoms with Crippen molar-refractivity contribution >= 4 is 49.8 Å². The highest BCUT2D eigenvalue weighted by Crippen LogP contribution is 2.39. The lowest BCUT2D eigenvalue weighted by Gasteiger charge is -2.25. The van der Waals surface area contributed by atoms with Gasteiger partial charge in [0.2, 0.25) is 5.13 Å². The van der Waals surface area contributed by atoms with E-state index in [0.717, 1.165) is 89.6 Å². The molecule has 1 fully saturated rings. The van der Waals surface area contributed by atoms with Crippen molar-refractivity contribution in [2.45, 2.75) is 43.1 Å². The molecule has 0 aliphatic carbocycles. The van der Waals surface area contributed by atoms with Gasteiger partial charge in [0, 0.05) is 43.1 Å². The summed E-state index contributed by atoms with van der Waals surface area (Å²) in [6, 6.07) is 0. The van der Waals surface area contributed by atoms with Crippen LogP contribution in [0.1, 0.15) is 29.6 Å². The summed E-state index contributed by atoms with van der Waals surface area (Å²) in [6.45, 7) is 12.7. The number of aromatic nitrogens is 4. The van der Waals surface area contributed by atoms with E-state index in [2.05, 4.69) is 34.3 Å². The number of morpholine rings is 1. The van der Waals surface area contributed by atoms with Gasteiger partial charge in [-0.2, -0.15) is 0 Å². The number of hydrogen-bond donors (Lipinski definition) is 1. The van der Waals surface area contributed by atoms with Crippen molar-refractivity contribution in [1.29, 1.82) is 0 Å². The van der Waals surface area contributed by atoms with Crippen molar-refractivity contribution in [1.82, 2.24) is 25.1 Å². The minimum absolute atomic E-state index is 0.742. The van der Waals surface area contributed by atoms with Gasteiger partial charge in [0.1, 0.15) is 15.7 Å². The van der Waals surface area contributed by atoms with Crippen LogP contribution in [-0.2, 0) is 16.0 Å². The SMILES string of the molecule is CCOCCCNc1nnc(Sc2nc(CN3CCOCC3)nc3sc(C)c(C)c23)s1. The Balaban J connectivity index is 1.50. The fourth-order valence-corrected chi connectivity index (χ4v) is 6.28. The van der Waals surface area contributed by atoms with Gasteiger partial charge in [0.05, 0.1) is 19.8 Å². The first-order chi connectivity index (χ1) is 15.1. The number of ether oxygens (including phenoxy) is 2. The summed E-state index contributed by atoms with van der Waals surface area (Å²) >= 11 is 4.88. The van der Waals surface area contributed by atoms with Crippen LogP contribution < -0.4 is 5.32 Å². The first kappa shape index (κ1) is 22.8. The van der Waals surface area contributed by atoms with Crippen LogP contribution in [0.4, 0.5) is 5.13 Å². The molecule has 1 aliphatic heterocycles. The number of nitrogens with one attached hydrogen (secondary N) is 1. The zero-order valence-corrected chi connectivity index (χ0v) is 20.6. The summed E-state index contributed by atoms with van der Waals surface area (Å²) in [5.41, 5.74) is 1.25.